The van der Waals surface area contributed by atoms with Crippen LogP contribution in [0.25, 0.3) is 0 Å². The standard InChI is InChI=1S/C9H6Br2F5N/c10-4-1-2-6(11)5(3-4)7(17)8(12,13)9(14,15)16/h1-3,7H,17H2/t7-/m1/s1. The fourth-order valence-corrected chi connectivity index (χ4v) is 2.00. The molecule has 0 amide bonds. The highest BCUT2D eigenvalue weighted by atomic mass is 79.9. The molecular weight excluding hydrogens is 377 g/mol. The highest BCUT2D eigenvalue weighted by molar-refractivity contribution is 9.11. The van der Waals surface area contributed by atoms with Crippen LogP contribution in [0.2, 0.25) is 0 Å². The summed E-state index contributed by atoms with van der Waals surface area (Å²) in [5, 5.41) is 0. The van der Waals surface area contributed by atoms with E-state index in [1.165, 1.54) is 12.1 Å². The molecule has 0 fully saturated rings. The molecule has 1 rings (SSSR count). The quantitative estimate of drug-likeness (QED) is 0.753. The second-order valence-electron chi connectivity index (χ2n) is 3.26. The van der Waals surface area contributed by atoms with E-state index in [1.54, 1.807) is 0 Å². The van der Waals surface area contributed by atoms with Crippen molar-refractivity contribution in [3.63, 3.8) is 0 Å². The van der Waals surface area contributed by atoms with E-state index in [-0.39, 0.29) is 10.0 Å². The van der Waals surface area contributed by atoms with Crippen molar-refractivity contribution in [3.05, 3.63) is 32.7 Å². The van der Waals surface area contributed by atoms with Crippen molar-refractivity contribution >= 4 is 31.9 Å². The zero-order chi connectivity index (χ0) is 13.4. The molecular formula is C9H6Br2F5N. The van der Waals surface area contributed by atoms with Crippen LogP contribution in [0, 0.1) is 0 Å². The Morgan fingerprint density at radius 1 is 1.06 bits per heavy atom. The molecule has 1 atom stereocenters. The molecule has 96 valence electrons. The Kier molecular flexibility index (Phi) is 4.20. The van der Waals surface area contributed by atoms with Crippen LogP contribution in [-0.2, 0) is 0 Å². The molecule has 8 heteroatoms. The largest absolute Gasteiger partial charge is 0.455 e. The lowest BCUT2D eigenvalue weighted by atomic mass is 10.0. The minimum absolute atomic E-state index is 0.0946. The number of rotatable bonds is 2. The molecule has 0 saturated heterocycles. The van der Waals surface area contributed by atoms with Crippen LogP contribution in [0.4, 0.5) is 22.0 Å². The average molecular weight is 383 g/mol. The van der Waals surface area contributed by atoms with Gasteiger partial charge in [-0.05, 0) is 23.8 Å². The minimum atomic E-state index is -5.69. The summed E-state index contributed by atoms with van der Waals surface area (Å²) in [6.45, 7) is 0. The van der Waals surface area contributed by atoms with Crippen molar-refractivity contribution in [2.45, 2.75) is 18.1 Å². The van der Waals surface area contributed by atoms with Gasteiger partial charge >= 0.3 is 12.1 Å². The number of alkyl halides is 5. The van der Waals surface area contributed by atoms with Gasteiger partial charge in [-0.15, -0.1) is 0 Å². The summed E-state index contributed by atoms with van der Waals surface area (Å²) in [5.74, 6) is -4.99. The first-order chi connectivity index (χ1) is 7.57. The molecule has 2 N–H and O–H groups in total. The van der Waals surface area contributed by atoms with Gasteiger partial charge in [0.25, 0.3) is 0 Å². The van der Waals surface area contributed by atoms with Crippen LogP contribution in [0.5, 0.6) is 0 Å². The Labute approximate surface area is 110 Å². The summed E-state index contributed by atoms with van der Waals surface area (Å²) in [6, 6.07) is 1.49. The maximum Gasteiger partial charge on any atom is 0.455 e. The van der Waals surface area contributed by atoms with Gasteiger partial charge in [-0.25, -0.2) is 0 Å². The monoisotopic (exact) mass is 381 g/mol. The predicted molar refractivity (Wildman–Crippen MR) is 59.8 cm³/mol. The molecule has 0 saturated carbocycles. The molecule has 0 bridgehead atoms. The molecule has 0 aromatic heterocycles. The van der Waals surface area contributed by atoms with Crippen LogP contribution in [-0.4, -0.2) is 12.1 Å². The van der Waals surface area contributed by atoms with Crippen molar-refractivity contribution in [2.24, 2.45) is 5.73 Å². The highest BCUT2D eigenvalue weighted by Gasteiger charge is 2.61. The lowest BCUT2D eigenvalue weighted by Gasteiger charge is -2.26. The van der Waals surface area contributed by atoms with Gasteiger partial charge in [0, 0.05) is 8.95 Å². The number of hydrogen-bond acceptors (Lipinski definition) is 1. The number of hydrogen-bond donors (Lipinski definition) is 1. The lowest BCUT2D eigenvalue weighted by molar-refractivity contribution is -0.291. The zero-order valence-electron chi connectivity index (χ0n) is 8.03. The van der Waals surface area contributed by atoms with Gasteiger partial charge in [-0.1, -0.05) is 31.9 Å². The second-order valence-corrected chi connectivity index (χ2v) is 5.03. The highest BCUT2D eigenvalue weighted by Crippen LogP contribution is 2.45. The van der Waals surface area contributed by atoms with E-state index in [1.807, 2.05) is 0 Å². The van der Waals surface area contributed by atoms with E-state index in [4.69, 9.17) is 5.73 Å². The fraction of sp³-hybridized carbons (Fsp3) is 0.333. The van der Waals surface area contributed by atoms with Crippen LogP contribution in [0.3, 0.4) is 0 Å². The summed E-state index contributed by atoms with van der Waals surface area (Å²) in [5.41, 5.74) is 4.69. The van der Waals surface area contributed by atoms with E-state index >= 15 is 0 Å². The third-order valence-electron chi connectivity index (χ3n) is 2.06. The van der Waals surface area contributed by atoms with Crippen molar-refractivity contribution < 1.29 is 22.0 Å². The zero-order valence-corrected chi connectivity index (χ0v) is 11.2. The topological polar surface area (TPSA) is 26.0 Å². The Hall–Kier alpha value is -0.210. The lowest BCUT2D eigenvalue weighted by Crippen LogP contribution is -2.46. The summed E-state index contributed by atoms with van der Waals surface area (Å²) in [7, 11) is 0. The van der Waals surface area contributed by atoms with Crippen LogP contribution in [0.1, 0.15) is 11.6 Å². The Morgan fingerprint density at radius 2 is 1.59 bits per heavy atom. The molecule has 0 aliphatic rings. The molecule has 0 heterocycles. The molecule has 17 heavy (non-hydrogen) atoms. The van der Waals surface area contributed by atoms with Crippen molar-refractivity contribution in [1.29, 1.82) is 0 Å². The predicted octanol–water partition coefficient (Wildman–Crippen LogP) is 4.41. The van der Waals surface area contributed by atoms with E-state index in [0.717, 1.165) is 6.07 Å². The Morgan fingerprint density at radius 3 is 2.06 bits per heavy atom. The molecule has 0 radical (unpaired) electrons. The van der Waals surface area contributed by atoms with Crippen molar-refractivity contribution in [3.8, 4) is 0 Å². The third kappa shape index (κ3) is 2.97. The molecule has 0 unspecified atom stereocenters. The maximum atomic E-state index is 13.0. The Bertz CT molecular complexity index is 418. The van der Waals surface area contributed by atoms with Gasteiger partial charge in [0.1, 0.15) is 6.04 Å². The van der Waals surface area contributed by atoms with E-state index in [2.05, 4.69) is 31.9 Å². The normalized spacial score (nSPS) is 14.8. The molecule has 0 spiro atoms. The summed E-state index contributed by atoms with van der Waals surface area (Å²) < 4.78 is 63.0. The average Bonchev–Trinajstić information content (AvgIpc) is 2.19. The fourth-order valence-electron chi connectivity index (χ4n) is 1.12. The van der Waals surface area contributed by atoms with Crippen molar-refractivity contribution in [2.75, 3.05) is 0 Å². The minimum Gasteiger partial charge on any atom is -0.319 e. The molecule has 1 aromatic carbocycles. The Balaban J connectivity index is 3.21. The smallest absolute Gasteiger partial charge is 0.319 e. The van der Waals surface area contributed by atoms with Gasteiger partial charge in [0.2, 0.25) is 0 Å². The SMILES string of the molecule is N[C@H](c1cc(Br)ccc1Br)C(F)(F)C(F)(F)F. The van der Waals surface area contributed by atoms with E-state index in [0.29, 0.717) is 4.47 Å². The number of benzene rings is 1. The van der Waals surface area contributed by atoms with E-state index in [9.17, 15) is 22.0 Å². The first-order valence-electron chi connectivity index (χ1n) is 4.22. The summed E-state index contributed by atoms with van der Waals surface area (Å²) in [6.07, 6.45) is -5.69. The number of nitrogens with two attached hydrogens (primary N) is 1. The van der Waals surface area contributed by atoms with Gasteiger partial charge in [-0.3, -0.25) is 0 Å². The van der Waals surface area contributed by atoms with Gasteiger partial charge in [-0.2, -0.15) is 22.0 Å². The van der Waals surface area contributed by atoms with Gasteiger partial charge in [0.05, 0.1) is 0 Å². The van der Waals surface area contributed by atoms with Crippen LogP contribution >= 0.6 is 31.9 Å². The van der Waals surface area contributed by atoms with Crippen LogP contribution in [0.15, 0.2) is 27.1 Å². The van der Waals surface area contributed by atoms with Gasteiger partial charge in [0.15, 0.2) is 0 Å². The second kappa shape index (κ2) is 4.81. The first kappa shape index (κ1) is 14.8. The molecule has 1 nitrogen and oxygen atoms in total. The number of halogens is 7. The van der Waals surface area contributed by atoms with E-state index < -0.39 is 18.1 Å². The summed E-state index contributed by atoms with van der Waals surface area (Å²) >= 11 is 5.87. The molecule has 0 aliphatic carbocycles. The third-order valence-corrected chi connectivity index (χ3v) is 3.28. The summed E-state index contributed by atoms with van der Waals surface area (Å²) in [4.78, 5) is 0. The van der Waals surface area contributed by atoms with Gasteiger partial charge < -0.3 is 5.73 Å². The van der Waals surface area contributed by atoms with Crippen LogP contribution < -0.4 is 5.73 Å². The van der Waals surface area contributed by atoms with Crippen molar-refractivity contribution in [1.82, 2.24) is 0 Å². The molecule has 0 aliphatic heterocycles. The first-order valence-corrected chi connectivity index (χ1v) is 5.81. The molecule has 1 aromatic rings. The maximum absolute atomic E-state index is 13.0.